The Balaban J connectivity index is 1.53. The van der Waals surface area contributed by atoms with Gasteiger partial charge in [-0.1, -0.05) is 115 Å². The molecule has 1 aliphatic carbocycles. The first-order valence-corrected chi connectivity index (χ1v) is 13.7. The lowest BCUT2D eigenvalue weighted by Gasteiger charge is -2.34. The summed E-state index contributed by atoms with van der Waals surface area (Å²) in [5, 5.41) is 5.83. The summed E-state index contributed by atoms with van der Waals surface area (Å²) in [6.07, 6.45) is 0. The summed E-state index contributed by atoms with van der Waals surface area (Å²) in [7, 11) is 0. The Hall–Kier alpha value is -3.91. The second kappa shape index (κ2) is 7.79. The molecule has 0 saturated carbocycles. The van der Waals surface area contributed by atoms with Gasteiger partial charge in [0, 0.05) is 15.5 Å². The van der Waals surface area contributed by atoms with Crippen molar-refractivity contribution in [3.05, 3.63) is 155 Å². The van der Waals surface area contributed by atoms with Crippen molar-refractivity contribution in [2.24, 2.45) is 0 Å². The third-order valence-corrected chi connectivity index (χ3v) is 9.60. The molecule has 0 nitrogen and oxygen atoms in total. The SMILES string of the molecule is Clc1cc(C2(c3ccccc3)c3ccccc3-c3ccccc32)cc2c1sc1cc3ccccc3cc12. The van der Waals surface area contributed by atoms with Gasteiger partial charge in [-0.15, -0.1) is 11.3 Å². The van der Waals surface area contributed by atoms with E-state index in [1.807, 2.05) is 0 Å². The van der Waals surface area contributed by atoms with Gasteiger partial charge < -0.3 is 0 Å². The highest BCUT2D eigenvalue weighted by Crippen LogP contribution is 2.57. The molecular formula is C35H21ClS. The summed E-state index contributed by atoms with van der Waals surface area (Å²) in [6.45, 7) is 0. The summed E-state index contributed by atoms with van der Waals surface area (Å²) in [5.74, 6) is 0. The summed E-state index contributed by atoms with van der Waals surface area (Å²) in [6, 6.07) is 46.4. The maximum Gasteiger partial charge on any atom is 0.0714 e. The highest BCUT2D eigenvalue weighted by atomic mass is 35.5. The smallest absolute Gasteiger partial charge is 0.0714 e. The van der Waals surface area contributed by atoms with Crippen LogP contribution in [0.3, 0.4) is 0 Å². The number of rotatable bonds is 2. The van der Waals surface area contributed by atoms with E-state index in [0.717, 1.165) is 9.72 Å². The molecule has 0 aliphatic heterocycles. The van der Waals surface area contributed by atoms with Crippen molar-refractivity contribution in [1.29, 1.82) is 0 Å². The third-order valence-electron chi connectivity index (χ3n) is 7.99. The largest absolute Gasteiger partial charge is 0.134 e. The normalized spacial score (nSPS) is 13.8. The van der Waals surface area contributed by atoms with Gasteiger partial charge in [0.1, 0.15) is 0 Å². The van der Waals surface area contributed by atoms with E-state index < -0.39 is 5.41 Å². The van der Waals surface area contributed by atoms with Crippen LogP contribution in [0.15, 0.2) is 127 Å². The van der Waals surface area contributed by atoms with Crippen LogP contribution in [-0.2, 0) is 5.41 Å². The molecule has 0 amide bonds. The molecule has 0 radical (unpaired) electrons. The van der Waals surface area contributed by atoms with E-state index in [4.69, 9.17) is 11.6 Å². The lowest BCUT2D eigenvalue weighted by atomic mass is 9.67. The molecule has 7 aromatic rings. The van der Waals surface area contributed by atoms with Crippen LogP contribution in [0.4, 0.5) is 0 Å². The second-order valence-electron chi connectivity index (χ2n) is 9.84. The molecule has 0 bridgehead atoms. The van der Waals surface area contributed by atoms with Gasteiger partial charge in [-0.05, 0) is 68.4 Å². The molecular weight excluding hydrogens is 488 g/mol. The average Bonchev–Trinajstić information content (AvgIpc) is 3.46. The summed E-state index contributed by atoms with van der Waals surface area (Å²) in [5.41, 5.74) is 7.22. The standard InChI is InChI=1S/C35H21ClS/c36-32-21-25(20-29-28-18-22-10-4-5-11-23(22)19-33(28)37-34(29)32)35(24-12-2-1-3-13-24)30-16-8-6-14-26(30)27-15-7-9-17-31(27)35/h1-21H. The fourth-order valence-corrected chi connectivity index (χ4v) is 7.90. The molecule has 0 fully saturated rings. The van der Waals surface area contributed by atoms with Gasteiger partial charge in [0.2, 0.25) is 0 Å². The molecule has 174 valence electrons. The van der Waals surface area contributed by atoms with Crippen LogP contribution in [0, 0.1) is 0 Å². The predicted molar refractivity (Wildman–Crippen MR) is 159 cm³/mol. The Morgan fingerprint density at radius 3 is 1.81 bits per heavy atom. The maximum absolute atomic E-state index is 7.16. The van der Waals surface area contributed by atoms with Crippen molar-refractivity contribution in [2.75, 3.05) is 0 Å². The molecule has 1 heterocycles. The zero-order chi connectivity index (χ0) is 24.6. The Kier molecular flexibility index (Phi) is 4.47. The van der Waals surface area contributed by atoms with E-state index in [2.05, 4.69) is 127 Å². The van der Waals surface area contributed by atoms with E-state index in [-0.39, 0.29) is 0 Å². The zero-order valence-electron chi connectivity index (χ0n) is 19.9. The van der Waals surface area contributed by atoms with E-state index >= 15 is 0 Å². The Bertz CT molecular complexity index is 1950. The minimum atomic E-state index is -0.447. The topological polar surface area (TPSA) is 0 Å². The highest BCUT2D eigenvalue weighted by molar-refractivity contribution is 7.26. The van der Waals surface area contributed by atoms with E-state index in [1.165, 1.54) is 59.6 Å². The summed E-state index contributed by atoms with van der Waals surface area (Å²) < 4.78 is 2.42. The molecule has 8 rings (SSSR count). The van der Waals surface area contributed by atoms with Crippen molar-refractivity contribution in [2.45, 2.75) is 5.41 Å². The molecule has 1 aliphatic rings. The van der Waals surface area contributed by atoms with Crippen molar-refractivity contribution in [1.82, 2.24) is 0 Å². The van der Waals surface area contributed by atoms with Gasteiger partial charge in [-0.25, -0.2) is 0 Å². The Morgan fingerprint density at radius 2 is 1.11 bits per heavy atom. The van der Waals surface area contributed by atoms with E-state index in [9.17, 15) is 0 Å². The van der Waals surface area contributed by atoms with Crippen LogP contribution in [0.5, 0.6) is 0 Å². The molecule has 2 heteroatoms. The lowest BCUT2D eigenvalue weighted by Crippen LogP contribution is -2.28. The van der Waals surface area contributed by atoms with Crippen LogP contribution in [0.25, 0.3) is 42.1 Å². The minimum Gasteiger partial charge on any atom is -0.134 e. The molecule has 0 atom stereocenters. The number of hydrogen-bond acceptors (Lipinski definition) is 1. The number of hydrogen-bond donors (Lipinski definition) is 0. The second-order valence-corrected chi connectivity index (χ2v) is 11.3. The summed E-state index contributed by atoms with van der Waals surface area (Å²) >= 11 is 8.95. The van der Waals surface area contributed by atoms with Crippen LogP contribution < -0.4 is 0 Å². The van der Waals surface area contributed by atoms with E-state index in [0.29, 0.717) is 0 Å². The number of halogens is 1. The van der Waals surface area contributed by atoms with E-state index in [1.54, 1.807) is 11.3 Å². The maximum atomic E-state index is 7.16. The number of benzene rings is 6. The molecule has 1 aromatic heterocycles. The van der Waals surface area contributed by atoms with Crippen molar-refractivity contribution in [3.8, 4) is 11.1 Å². The first kappa shape index (κ1) is 21.2. The molecule has 6 aromatic carbocycles. The fourth-order valence-electron chi connectivity index (χ4n) is 6.45. The third kappa shape index (κ3) is 2.84. The van der Waals surface area contributed by atoms with Crippen molar-refractivity contribution < 1.29 is 0 Å². The molecule has 0 unspecified atom stereocenters. The van der Waals surface area contributed by atoms with Crippen LogP contribution in [0.2, 0.25) is 5.02 Å². The minimum absolute atomic E-state index is 0.447. The molecule has 0 saturated heterocycles. The fraction of sp³-hybridized carbons (Fsp3) is 0.0286. The van der Waals surface area contributed by atoms with Gasteiger partial charge >= 0.3 is 0 Å². The predicted octanol–water partition coefficient (Wildman–Crippen LogP) is 10.2. The highest BCUT2D eigenvalue weighted by Gasteiger charge is 2.46. The van der Waals surface area contributed by atoms with Crippen LogP contribution in [-0.4, -0.2) is 0 Å². The molecule has 0 spiro atoms. The van der Waals surface area contributed by atoms with Crippen molar-refractivity contribution >= 4 is 53.9 Å². The molecule has 0 N–H and O–H groups in total. The van der Waals surface area contributed by atoms with Gasteiger partial charge in [0.25, 0.3) is 0 Å². The number of fused-ring (bicyclic) bond motifs is 7. The van der Waals surface area contributed by atoms with Gasteiger partial charge in [-0.2, -0.15) is 0 Å². The Labute approximate surface area is 224 Å². The van der Waals surface area contributed by atoms with Crippen LogP contribution in [0.1, 0.15) is 22.3 Å². The van der Waals surface area contributed by atoms with Crippen LogP contribution >= 0.6 is 22.9 Å². The first-order valence-electron chi connectivity index (χ1n) is 12.5. The average molecular weight is 509 g/mol. The number of thiophene rings is 1. The monoisotopic (exact) mass is 508 g/mol. The first-order chi connectivity index (χ1) is 18.2. The zero-order valence-corrected chi connectivity index (χ0v) is 21.5. The van der Waals surface area contributed by atoms with Crippen molar-refractivity contribution in [3.63, 3.8) is 0 Å². The lowest BCUT2D eigenvalue weighted by molar-refractivity contribution is 0.770. The Morgan fingerprint density at radius 1 is 0.514 bits per heavy atom. The summed E-state index contributed by atoms with van der Waals surface area (Å²) in [4.78, 5) is 0. The molecule has 37 heavy (non-hydrogen) atoms. The van der Waals surface area contributed by atoms with Gasteiger partial charge in [-0.3, -0.25) is 0 Å². The van der Waals surface area contributed by atoms with Gasteiger partial charge in [0.05, 0.1) is 15.1 Å². The quantitative estimate of drug-likeness (QED) is 0.218. The van der Waals surface area contributed by atoms with Gasteiger partial charge in [0.15, 0.2) is 0 Å².